The molecule has 0 aromatic carbocycles. The van der Waals surface area contributed by atoms with E-state index in [1.54, 1.807) is 0 Å². The molecule has 0 unspecified atom stereocenters. The minimum atomic E-state index is 0.874. The van der Waals surface area contributed by atoms with E-state index in [2.05, 4.69) is 33.9 Å². The Bertz CT molecular complexity index is 431. The fraction of sp³-hybridized carbons (Fsp3) is 0.222. The van der Waals surface area contributed by atoms with E-state index in [0.29, 0.717) is 0 Å². The first-order chi connectivity index (χ1) is 5.70. The lowest BCUT2D eigenvalue weighted by Crippen LogP contribution is -1.86. The van der Waals surface area contributed by atoms with E-state index in [-0.39, 0.29) is 0 Å². The second-order valence-corrected chi connectivity index (χ2v) is 3.59. The molecule has 2 nitrogen and oxygen atoms in total. The molecule has 0 aliphatic rings. The monoisotopic (exact) mass is 224 g/mol. The molecule has 0 atom stereocenters. The lowest BCUT2D eigenvalue weighted by atomic mass is 10.2. The molecule has 0 radical (unpaired) electrons. The van der Waals surface area contributed by atoms with Gasteiger partial charge in [0.05, 0.1) is 11.2 Å². The third kappa shape index (κ3) is 0.966. The van der Waals surface area contributed by atoms with Gasteiger partial charge in [-0.15, -0.1) is 0 Å². The Kier molecular flexibility index (Phi) is 1.68. The maximum Gasteiger partial charge on any atom is 0.181 e. The number of fused-ring (bicyclic) bond motifs is 1. The highest BCUT2D eigenvalue weighted by molar-refractivity contribution is 9.10. The Morgan fingerprint density at radius 1 is 1.42 bits per heavy atom. The standard InChI is InChI=1S/C9H9BrN2/c1-6-4-3-5-12-8(6)7(2)11-9(12)10/h3-5H,1-2H3. The molecule has 62 valence electrons. The summed E-state index contributed by atoms with van der Waals surface area (Å²) in [6.07, 6.45) is 2.01. The van der Waals surface area contributed by atoms with E-state index < -0.39 is 0 Å². The summed E-state index contributed by atoms with van der Waals surface area (Å²) in [6.45, 7) is 4.11. The van der Waals surface area contributed by atoms with Gasteiger partial charge in [0, 0.05) is 6.20 Å². The fourth-order valence-electron chi connectivity index (χ4n) is 1.48. The van der Waals surface area contributed by atoms with Crippen LogP contribution in [0.2, 0.25) is 0 Å². The number of hydrogen-bond acceptors (Lipinski definition) is 1. The lowest BCUT2D eigenvalue weighted by Gasteiger charge is -1.98. The normalized spacial score (nSPS) is 10.9. The summed E-state index contributed by atoms with van der Waals surface area (Å²) < 4.78 is 2.92. The van der Waals surface area contributed by atoms with Gasteiger partial charge in [-0.1, -0.05) is 6.07 Å². The molecule has 2 heterocycles. The summed E-state index contributed by atoms with van der Waals surface area (Å²) >= 11 is 3.40. The maximum atomic E-state index is 4.33. The number of pyridine rings is 1. The molecule has 0 amide bonds. The van der Waals surface area contributed by atoms with Crippen molar-refractivity contribution in [2.45, 2.75) is 13.8 Å². The highest BCUT2D eigenvalue weighted by Crippen LogP contribution is 2.19. The SMILES string of the molecule is Cc1cccn2c(Br)nc(C)c12. The Labute approximate surface area is 79.4 Å². The summed E-state index contributed by atoms with van der Waals surface area (Å²) in [4.78, 5) is 4.33. The van der Waals surface area contributed by atoms with Gasteiger partial charge in [-0.25, -0.2) is 4.98 Å². The van der Waals surface area contributed by atoms with Crippen LogP contribution in [0.5, 0.6) is 0 Å². The minimum Gasteiger partial charge on any atom is -0.294 e. The second-order valence-electron chi connectivity index (χ2n) is 2.88. The van der Waals surface area contributed by atoms with E-state index >= 15 is 0 Å². The Hall–Kier alpha value is -0.830. The van der Waals surface area contributed by atoms with Crippen LogP contribution in [0.1, 0.15) is 11.3 Å². The van der Waals surface area contributed by atoms with Crippen molar-refractivity contribution >= 4 is 21.4 Å². The van der Waals surface area contributed by atoms with Crippen molar-refractivity contribution in [1.82, 2.24) is 9.38 Å². The molecule has 2 aromatic rings. The number of halogens is 1. The molecule has 3 heteroatoms. The van der Waals surface area contributed by atoms with E-state index in [1.165, 1.54) is 11.1 Å². The van der Waals surface area contributed by atoms with Crippen molar-refractivity contribution in [3.63, 3.8) is 0 Å². The quantitative estimate of drug-likeness (QED) is 0.673. The third-order valence-electron chi connectivity index (χ3n) is 2.00. The van der Waals surface area contributed by atoms with Gasteiger partial charge >= 0.3 is 0 Å². The van der Waals surface area contributed by atoms with Gasteiger partial charge in [-0.05, 0) is 41.4 Å². The van der Waals surface area contributed by atoms with Crippen molar-refractivity contribution in [2.24, 2.45) is 0 Å². The van der Waals surface area contributed by atoms with Crippen LogP contribution in [0, 0.1) is 13.8 Å². The van der Waals surface area contributed by atoms with E-state index in [9.17, 15) is 0 Å². The zero-order valence-corrected chi connectivity index (χ0v) is 8.59. The molecule has 0 fully saturated rings. The molecule has 0 aliphatic heterocycles. The highest BCUT2D eigenvalue weighted by Gasteiger charge is 2.05. The zero-order chi connectivity index (χ0) is 8.72. The van der Waals surface area contributed by atoms with Crippen LogP contribution in [0.4, 0.5) is 0 Å². The molecule has 0 bridgehead atoms. The Morgan fingerprint density at radius 2 is 2.17 bits per heavy atom. The molecule has 0 saturated heterocycles. The van der Waals surface area contributed by atoms with Crippen LogP contribution in [-0.2, 0) is 0 Å². The summed E-state index contributed by atoms with van der Waals surface area (Å²) in [7, 11) is 0. The molecule has 0 saturated carbocycles. The average molecular weight is 225 g/mol. The largest absolute Gasteiger partial charge is 0.294 e. The molecule has 2 aromatic heterocycles. The lowest BCUT2D eigenvalue weighted by molar-refractivity contribution is 1.09. The van der Waals surface area contributed by atoms with Crippen molar-refractivity contribution in [1.29, 1.82) is 0 Å². The van der Waals surface area contributed by atoms with Crippen LogP contribution in [0.15, 0.2) is 23.1 Å². The predicted molar refractivity (Wildman–Crippen MR) is 52.4 cm³/mol. The molecular weight excluding hydrogens is 216 g/mol. The van der Waals surface area contributed by atoms with Crippen molar-refractivity contribution in [2.75, 3.05) is 0 Å². The molecule has 0 spiro atoms. The van der Waals surface area contributed by atoms with Crippen LogP contribution in [-0.4, -0.2) is 9.38 Å². The smallest absolute Gasteiger partial charge is 0.181 e. The van der Waals surface area contributed by atoms with Gasteiger partial charge in [0.15, 0.2) is 4.73 Å². The van der Waals surface area contributed by atoms with E-state index in [0.717, 1.165) is 10.4 Å². The topological polar surface area (TPSA) is 17.3 Å². The summed E-state index contributed by atoms with van der Waals surface area (Å²) in [5.74, 6) is 0. The average Bonchev–Trinajstić information content (AvgIpc) is 2.29. The van der Waals surface area contributed by atoms with Crippen molar-refractivity contribution in [3.05, 3.63) is 34.3 Å². The minimum absolute atomic E-state index is 0.874. The first kappa shape index (κ1) is 7.80. The molecule has 0 N–H and O–H groups in total. The maximum absolute atomic E-state index is 4.33. The van der Waals surface area contributed by atoms with Gasteiger partial charge in [-0.3, -0.25) is 4.40 Å². The second kappa shape index (κ2) is 2.59. The number of aryl methyl sites for hydroxylation is 2. The van der Waals surface area contributed by atoms with Crippen LogP contribution >= 0.6 is 15.9 Å². The molecule has 12 heavy (non-hydrogen) atoms. The van der Waals surface area contributed by atoms with Gasteiger partial charge in [0.2, 0.25) is 0 Å². The molecular formula is C9H9BrN2. The van der Waals surface area contributed by atoms with Crippen LogP contribution in [0.3, 0.4) is 0 Å². The van der Waals surface area contributed by atoms with E-state index in [4.69, 9.17) is 0 Å². The van der Waals surface area contributed by atoms with Gasteiger partial charge in [0.25, 0.3) is 0 Å². The van der Waals surface area contributed by atoms with Gasteiger partial charge in [0.1, 0.15) is 0 Å². The first-order valence-electron chi connectivity index (χ1n) is 3.80. The zero-order valence-electron chi connectivity index (χ0n) is 7.00. The van der Waals surface area contributed by atoms with Gasteiger partial charge < -0.3 is 0 Å². The van der Waals surface area contributed by atoms with Crippen LogP contribution < -0.4 is 0 Å². The number of hydrogen-bond donors (Lipinski definition) is 0. The predicted octanol–water partition coefficient (Wildman–Crippen LogP) is 2.71. The first-order valence-corrected chi connectivity index (χ1v) is 4.59. The van der Waals surface area contributed by atoms with Gasteiger partial charge in [-0.2, -0.15) is 0 Å². The van der Waals surface area contributed by atoms with Crippen molar-refractivity contribution < 1.29 is 0 Å². The number of nitrogens with zero attached hydrogens (tertiary/aromatic N) is 2. The Balaban J connectivity index is 2.99. The summed E-state index contributed by atoms with van der Waals surface area (Å²) in [6, 6.07) is 4.12. The summed E-state index contributed by atoms with van der Waals surface area (Å²) in [5.41, 5.74) is 3.53. The van der Waals surface area contributed by atoms with Crippen molar-refractivity contribution in [3.8, 4) is 0 Å². The highest BCUT2D eigenvalue weighted by atomic mass is 79.9. The number of aromatic nitrogens is 2. The third-order valence-corrected chi connectivity index (χ3v) is 2.56. The Morgan fingerprint density at radius 3 is 2.83 bits per heavy atom. The number of rotatable bonds is 0. The number of imidazole rings is 1. The molecule has 2 rings (SSSR count). The molecule has 0 aliphatic carbocycles. The summed E-state index contributed by atoms with van der Waals surface area (Å²) in [5, 5.41) is 0. The van der Waals surface area contributed by atoms with E-state index in [1.807, 2.05) is 23.6 Å². The van der Waals surface area contributed by atoms with Crippen LogP contribution in [0.25, 0.3) is 5.52 Å². The fourth-order valence-corrected chi connectivity index (χ4v) is 2.04.